The molecule has 1 unspecified atom stereocenters. The monoisotopic (exact) mass is 763 g/mol. The number of para-hydroxylation sites is 2. The molecule has 1 amide bonds. The second kappa shape index (κ2) is 14.0. The Labute approximate surface area is 304 Å². The highest BCUT2D eigenvalue weighted by molar-refractivity contribution is 7.89. The van der Waals surface area contributed by atoms with Gasteiger partial charge in [-0.1, -0.05) is 35.9 Å². The summed E-state index contributed by atoms with van der Waals surface area (Å²) in [5.41, 5.74) is 2.19. The minimum absolute atomic E-state index is 0.222. The van der Waals surface area contributed by atoms with E-state index in [0.29, 0.717) is 43.1 Å². The molecular weight excluding hydrogens is 725 g/mol. The lowest BCUT2D eigenvalue weighted by Crippen LogP contribution is -2.49. The number of halogens is 6. The van der Waals surface area contributed by atoms with Crippen LogP contribution in [0.25, 0.3) is 11.0 Å². The number of sulfonamides is 1. The smallest absolute Gasteiger partial charge is 0.339 e. The summed E-state index contributed by atoms with van der Waals surface area (Å²) in [4.78, 5) is 21.5. The van der Waals surface area contributed by atoms with E-state index in [4.69, 9.17) is 16.6 Å². The zero-order valence-corrected chi connectivity index (χ0v) is 30.0. The van der Waals surface area contributed by atoms with E-state index in [9.17, 15) is 35.2 Å². The molecule has 7 rings (SSSR count). The van der Waals surface area contributed by atoms with E-state index in [2.05, 4.69) is 22.5 Å². The van der Waals surface area contributed by atoms with Gasteiger partial charge in [-0.3, -0.25) is 9.69 Å². The fraction of sp³-hybridized carbons (Fsp3) is 0.459. The number of carbonyl (C=O) groups excluding carboxylic acids is 1. The molecule has 4 heterocycles. The lowest BCUT2D eigenvalue weighted by atomic mass is 9.70. The van der Waals surface area contributed by atoms with Crippen LogP contribution in [-0.2, 0) is 15.4 Å². The van der Waals surface area contributed by atoms with Crippen LogP contribution in [-0.4, -0.2) is 78.1 Å². The highest BCUT2D eigenvalue weighted by atomic mass is 35.5. The summed E-state index contributed by atoms with van der Waals surface area (Å²) in [6, 6.07) is 17.2. The van der Waals surface area contributed by atoms with Gasteiger partial charge in [0.2, 0.25) is 10.0 Å². The first-order valence-electron chi connectivity index (χ1n) is 17.4. The number of piperidine rings is 2. The number of amides is 1. The van der Waals surface area contributed by atoms with Gasteiger partial charge >= 0.3 is 6.18 Å². The van der Waals surface area contributed by atoms with Gasteiger partial charge in [-0.2, -0.15) is 13.2 Å². The lowest BCUT2D eigenvalue weighted by Gasteiger charge is -2.45. The SMILES string of the molecule is Cc1nc2ccccc2n1C1C[C@H]2CC[C@@H](C1)N2CCC1(c2cccc(F)c2)CCN(C(=O)c2cc(S(=O)(=O)NCC(F)(F)F)c(F)cc2Cl)CC1. The number of aromatic nitrogens is 2. The van der Waals surface area contributed by atoms with Crippen molar-refractivity contribution in [3.8, 4) is 0 Å². The molecule has 3 aliphatic heterocycles. The Balaban J connectivity index is 1.07. The zero-order chi connectivity index (χ0) is 37.0. The summed E-state index contributed by atoms with van der Waals surface area (Å²) in [7, 11) is -4.96. The molecule has 3 aliphatic rings. The fourth-order valence-corrected chi connectivity index (χ4v) is 10.1. The maximum absolute atomic E-state index is 14.7. The van der Waals surface area contributed by atoms with Crippen LogP contribution in [0.5, 0.6) is 0 Å². The molecule has 15 heteroatoms. The number of hydrogen-bond donors (Lipinski definition) is 1. The highest BCUT2D eigenvalue weighted by Gasteiger charge is 2.44. The van der Waals surface area contributed by atoms with Crippen molar-refractivity contribution in [1.29, 1.82) is 0 Å². The van der Waals surface area contributed by atoms with Crippen molar-refractivity contribution in [2.24, 2.45) is 0 Å². The first-order chi connectivity index (χ1) is 24.6. The van der Waals surface area contributed by atoms with E-state index >= 15 is 0 Å². The van der Waals surface area contributed by atoms with Crippen LogP contribution in [0, 0.1) is 18.6 Å². The van der Waals surface area contributed by atoms with Gasteiger partial charge in [0.25, 0.3) is 5.91 Å². The molecule has 3 aromatic carbocycles. The van der Waals surface area contributed by atoms with Gasteiger partial charge in [0.15, 0.2) is 0 Å². The number of nitrogens with one attached hydrogen (secondary N) is 1. The quantitative estimate of drug-likeness (QED) is 0.178. The predicted octanol–water partition coefficient (Wildman–Crippen LogP) is 7.55. The van der Waals surface area contributed by atoms with E-state index in [0.717, 1.165) is 61.1 Å². The summed E-state index contributed by atoms with van der Waals surface area (Å²) < 4.78 is 96.4. The number of benzene rings is 3. The average Bonchev–Trinajstić information content (AvgIpc) is 3.56. The van der Waals surface area contributed by atoms with Crippen molar-refractivity contribution < 1.29 is 35.2 Å². The average molecular weight is 764 g/mol. The number of carbonyl (C=O) groups is 1. The Bertz CT molecular complexity index is 2090. The number of likely N-dealkylation sites (tertiary alicyclic amines) is 1. The Kier molecular flexibility index (Phi) is 9.89. The number of alkyl halides is 3. The van der Waals surface area contributed by atoms with Crippen molar-refractivity contribution in [1.82, 2.24) is 24.1 Å². The van der Waals surface area contributed by atoms with Gasteiger partial charge in [-0.25, -0.2) is 26.9 Å². The summed E-state index contributed by atoms with van der Waals surface area (Å²) in [5.74, 6) is -1.40. The van der Waals surface area contributed by atoms with Crippen molar-refractivity contribution in [3.63, 3.8) is 0 Å². The molecule has 3 fully saturated rings. The number of fused-ring (bicyclic) bond motifs is 3. The van der Waals surface area contributed by atoms with Crippen LogP contribution < -0.4 is 4.72 Å². The molecule has 8 nitrogen and oxygen atoms in total. The van der Waals surface area contributed by atoms with E-state index in [1.165, 1.54) is 15.7 Å². The van der Waals surface area contributed by atoms with Crippen molar-refractivity contribution in [3.05, 3.63) is 94.3 Å². The molecule has 0 spiro atoms. The minimum Gasteiger partial charge on any atom is -0.339 e. The minimum atomic E-state index is -4.96. The topological polar surface area (TPSA) is 87.5 Å². The molecule has 3 saturated heterocycles. The van der Waals surface area contributed by atoms with E-state index in [-0.39, 0.29) is 29.5 Å². The molecule has 278 valence electrons. The zero-order valence-electron chi connectivity index (χ0n) is 28.5. The van der Waals surface area contributed by atoms with Crippen molar-refractivity contribution in [2.45, 2.75) is 86.5 Å². The first kappa shape index (κ1) is 36.8. The Morgan fingerprint density at radius 2 is 1.67 bits per heavy atom. The molecule has 0 saturated carbocycles. The van der Waals surface area contributed by atoms with E-state index in [1.54, 1.807) is 12.1 Å². The summed E-state index contributed by atoms with van der Waals surface area (Å²) in [5, 5.41) is -0.364. The van der Waals surface area contributed by atoms with Gasteiger partial charge in [-0.05, 0) is 106 Å². The maximum atomic E-state index is 14.7. The van der Waals surface area contributed by atoms with Gasteiger partial charge in [0.1, 0.15) is 28.9 Å². The van der Waals surface area contributed by atoms with Gasteiger partial charge in [-0.15, -0.1) is 0 Å². The molecule has 1 N–H and O–H groups in total. The number of nitrogens with zero attached hydrogens (tertiary/aromatic N) is 4. The fourth-order valence-electron chi connectivity index (χ4n) is 8.75. The maximum Gasteiger partial charge on any atom is 0.402 e. The highest BCUT2D eigenvalue weighted by Crippen LogP contribution is 2.45. The van der Waals surface area contributed by atoms with E-state index in [1.807, 2.05) is 24.3 Å². The van der Waals surface area contributed by atoms with Gasteiger partial charge in [0, 0.05) is 31.2 Å². The molecular formula is C37H39ClF5N5O3S. The third-order valence-corrected chi connectivity index (χ3v) is 13.0. The normalized spacial score (nSPS) is 22.3. The molecule has 1 aromatic heterocycles. The second-order valence-electron chi connectivity index (χ2n) is 14.3. The first-order valence-corrected chi connectivity index (χ1v) is 19.3. The lowest BCUT2D eigenvalue weighted by molar-refractivity contribution is -0.121. The van der Waals surface area contributed by atoms with Gasteiger partial charge in [0.05, 0.1) is 21.6 Å². The van der Waals surface area contributed by atoms with Crippen LogP contribution in [0.1, 0.15) is 72.7 Å². The van der Waals surface area contributed by atoms with Crippen LogP contribution in [0.15, 0.2) is 65.6 Å². The number of aryl methyl sites for hydroxylation is 1. The number of hydrogen-bond acceptors (Lipinski definition) is 5. The van der Waals surface area contributed by atoms with E-state index < -0.39 is 44.8 Å². The van der Waals surface area contributed by atoms with Crippen LogP contribution in [0.4, 0.5) is 22.0 Å². The van der Waals surface area contributed by atoms with Crippen molar-refractivity contribution in [2.75, 3.05) is 26.2 Å². The Morgan fingerprint density at radius 1 is 0.981 bits per heavy atom. The molecule has 3 atom stereocenters. The van der Waals surface area contributed by atoms with Crippen molar-refractivity contribution >= 4 is 38.6 Å². The molecule has 0 aliphatic carbocycles. The molecule has 0 radical (unpaired) electrons. The largest absolute Gasteiger partial charge is 0.402 e. The second-order valence-corrected chi connectivity index (χ2v) is 16.4. The summed E-state index contributed by atoms with van der Waals surface area (Å²) in [6.45, 7) is 1.40. The standard InChI is InChI=1S/C37H39ClF5N5O3S/c1-23-45-32-7-2-3-8-33(32)48(23)28-18-26-9-10-27(19-28)47(26)16-13-36(24-5-4-6-25(39)17-24)11-14-46(15-12-36)35(49)29-20-34(31(40)21-30(29)38)52(50,51)44-22-37(41,42)43/h2-8,17,20-21,26-28,44H,9-16,18-19,22H2,1H3/t26-,27+,28?. The number of rotatable bonds is 9. The van der Waals surface area contributed by atoms with Crippen LogP contribution in [0.3, 0.4) is 0 Å². The molecule has 2 bridgehead atoms. The number of imidazole rings is 1. The van der Waals surface area contributed by atoms with Crippen LogP contribution >= 0.6 is 11.6 Å². The molecule has 4 aromatic rings. The third-order valence-electron chi connectivity index (χ3n) is 11.3. The van der Waals surface area contributed by atoms with Crippen LogP contribution in [0.2, 0.25) is 5.02 Å². The predicted molar refractivity (Wildman–Crippen MR) is 187 cm³/mol. The summed E-state index contributed by atoms with van der Waals surface area (Å²) >= 11 is 6.20. The third kappa shape index (κ3) is 7.19. The molecule has 52 heavy (non-hydrogen) atoms. The Morgan fingerprint density at radius 3 is 2.35 bits per heavy atom. The Hall–Kier alpha value is -3.59. The summed E-state index contributed by atoms with van der Waals surface area (Å²) in [6.07, 6.45) is 1.03. The van der Waals surface area contributed by atoms with Gasteiger partial charge < -0.3 is 9.47 Å².